The molecule has 0 aliphatic carbocycles. The number of hydrogen-bond donors (Lipinski definition) is 1. The minimum atomic E-state index is -0.106. The van der Waals surface area contributed by atoms with Crippen molar-refractivity contribution < 1.29 is 4.79 Å². The maximum Gasteiger partial charge on any atom is 0.253 e. The fraction of sp³-hybridized carbons (Fsp3) is 0.368. The second kappa shape index (κ2) is 8.27. The molecule has 0 atom stereocenters. The van der Waals surface area contributed by atoms with Crippen molar-refractivity contribution in [3.63, 3.8) is 0 Å². The summed E-state index contributed by atoms with van der Waals surface area (Å²) in [5, 5.41) is 8.61. The number of carbonyl (C=O) groups is 1. The number of anilines is 1. The summed E-state index contributed by atoms with van der Waals surface area (Å²) in [6, 6.07) is 3.85. The molecule has 142 valence electrons. The van der Waals surface area contributed by atoms with Gasteiger partial charge < -0.3 is 5.32 Å². The Bertz CT molecular complexity index is 962. The first-order valence-electron chi connectivity index (χ1n) is 8.86. The lowest BCUT2D eigenvalue weighted by atomic mass is 10.0. The third-order valence-corrected chi connectivity index (χ3v) is 5.61. The van der Waals surface area contributed by atoms with Crippen molar-refractivity contribution >= 4 is 40.7 Å². The van der Waals surface area contributed by atoms with Gasteiger partial charge in [-0.25, -0.2) is 9.50 Å². The van der Waals surface area contributed by atoms with Gasteiger partial charge in [-0.05, 0) is 49.4 Å². The number of carbonyl (C=O) groups excluding carboxylic acids is 1. The van der Waals surface area contributed by atoms with E-state index in [9.17, 15) is 4.79 Å². The molecule has 6 nitrogen and oxygen atoms in total. The van der Waals surface area contributed by atoms with Gasteiger partial charge in [0.1, 0.15) is 0 Å². The van der Waals surface area contributed by atoms with Crippen LogP contribution in [0.25, 0.3) is 5.78 Å². The van der Waals surface area contributed by atoms with Crippen LogP contribution in [0.15, 0.2) is 23.5 Å². The molecule has 1 N–H and O–H groups in total. The van der Waals surface area contributed by atoms with Gasteiger partial charge in [-0.3, -0.25) is 4.79 Å². The lowest BCUT2D eigenvalue weighted by molar-refractivity contribution is -0.113. The fourth-order valence-corrected chi connectivity index (χ4v) is 3.72. The summed E-state index contributed by atoms with van der Waals surface area (Å²) in [5.74, 6) is 0.649. The summed E-state index contributed by atoms with van der Waals surface area (Å²) in [6.07, 6.45) is 3.47. The van der Waals surface area contributed by atoms with Crippen LogP contribution in [0.3, 0.4) is 0 Å². The van der Waals surface area contributed by atoms with E-state index in [2.05, 4.69) is 27.3 Å². The highest BCUT2D eigenvalue weighted by molar-refractivity contribution is 7.99. The fourth-order valence-electron chi connectivity index (χ4n) is 2.81. The van der Waals surface area contributed by atoms with Crippen LogP contribution in [0, 0.1) is 13.8 Å². The molecule has 1 amide bonds. The number of nitrogens with zero attached hydrogens (tertiary/aromatic N) is 4. The summed E-state index contributed by atoms with van der Waals surface area (Å²) >= 11 is 7.59. The highest BCUT2D eigenvalue weighted by Crippen LogP contribution is 2.29. The van der Waals surface area contributed by atoms with E-state index in [0.717, 1.165) is 40.9 Å². The average molecular weight is 404 g/mol. The van der Waals surface area contributed by atoms with Crippen molar-refractivity contribution in [3.05, 3.63) is 45.7 Å². The number of aryl methyl sites for hydroxylation is 3. The Morgan fingerprint density at radius 2 is 2.00 bits per heavy atom. The van der Waals surface area contributed by atoms with Gasteiger partial charge in [0.05, 0.1) is 5.75 Å². The smallest absolute Gasteiger partial charge is 0.253 e. The third kappa shape index (κ3) is 4.25. The van der Waals surface area contributed by atoms with Crippen molar-refractivity contribution in [2.24, 2.45) is 0 Å². The monoisotopic (exact) mass is 403 g/mol. The van der Waals surface area contributed by atoms with Gasteiger partial charge >= 0.3 is 0 Å². The molecule has 0 fully saturated rings. The average Bonchev–Trinajstić information content (AvgIpc) is 3.02. The summed E-state index contributed by atoms with van der Waals surface area (Å²) in [7, 11) is 0. The topological polar surface area (TPSA) is 72.2 Å². The molecule has 0 saturated heterocycles. The Kier molecular flexibility index (Phi) is 6.01. The van der Waals surface area contributed by atoms with E-state index in [1.54, 1.807) is 4.52 Å². The summed E-state index contributed by atoms with van der Waals surface area (Å²) in [4.78, 5) is 21.3. The number of hydrogen-bond acceptors (Lipinski definition) is 5. The van der Waals surface area contributed by atoms with E-state index in [-0.39, 0.29) is 11.7 Å². The molecule has 0 aliphatic rings. The van der Waals surface area contributed by atoms with Gasteiger partial charge in [0, 0.05) is 22.6 Å². The molecule has 0 radical (unpaired) electrons. The summed E-state index contributed by atoms with van der Waals surface area (Å²) in [6.45, 7) is 8.00. The van der Waals surface area contributed by atoms with Crippen LogP contribution in [0.5, 0.6) is 0 Å². The third-order valence-electron chi connectivity index (χ3n) is 4.42. The first-order chi connectivity index (χ1) is 12.9. The number of benzene rings is 1. The Morgan fingerprint density at radius 3 is 2.70 bits per heavy atom. The normalized spacial score (nSPS) is 11.1. The standard InChI is InChI=1S/C19H22ClN5OS/c1-5-13-7-8-15(20)14(6-2)17(13)22-16(26)10-27-19-23-18-21-12(4)11(3)9-25(18)24-19/h7-9H,5-6,10H2,1-4H3,(H,22,26). The molecule has 3 aromatic rings. The minimum Gasteiger partial charge on any atom is -0.325 e. The van der Waals surface area contributed by atoms with E-state index in [1.165, 1.54) is 11.8 Å². The van der Waals surface area contributed by atoms with Crippen LogP contribution in [-0.4, -0.2) is 31.2 Å². The van der Waals surface area contributed by atoms with Crippen LogP contribution in [-0.2, 0) is 17.6 Å². The van der Waals surface area contributed by atoms with Crippen molar-refractivity contribution in [2.75, 3.05) is 11.1 Å². The molecule has 1 aromatic carbocycles. The zero-order chi connectivity index (χ0) is 19.6. The lowest BCUT2D eigenvalue weighted by Gasteiger charge is -2.15. The van der Waals surface area contributed by atoms with Crippen molar-refractivity contribution in [3.8, 4) is 0 Å². The molecule has 2 heterocycles. The quantitative estimate of drug-likeness (QED) is 0.623. The van der Waals surface area contributed by atoms with E-state index in [1.807, 2.05) is 39.1 Å². The summed E-state index contributed by atoms with van der Waals surface area (Å²) in [5.41, 5.74) is 4.84. The molecule has 27 heavy (non-hydrogen) atoms. The SMILES string of the molecule is CCc1ccc(Cl)c(CC)c1NC(=O)CSc1nc2nc(C)c(C)cn2n1. The van der Waals surface area contributed by atoms with Gasteiger partial charge in [-0.15, -0.1) is 5.10 Å². The number of nitrogens with one attached hydrogen (secondary N) is 1. The number of amides is 1. The van der Waals surface area contributed by atoms with Crippen LogP contribution in [0.4, 0.5) is 5.69 Å². The number of rotatable bonds is 6. The van der Waals surface area contributed by atoms with Gasteiger partial charge in [0.15, 0.2) is 0 Å². The molecule has 0 bridgehead atoms. The van der Waals surface area contributed by atoms with Gasteiger partial charge in [-0.1, -0.05) is 43.3 Å². The second-order valence-corrected chi connectivity index (χ2v) is 7.60. The summed E-state index contributed by atoms with van der Waals surface area (Å²) < 4.78 is 1.64. The van der Waals surface area contributed by atoms with Crippen molar-refractivity contribution in [1.82, 2.24) is 19.6 Å². The van der Waals surface area contributed by atoms with Crippen molar-refractivity contribution in [2.45, 2.75) is 45.7 Å². The Morgan fingerprint density at radius 1 is 1.22 bits per heavy atom. The maximum absolute atomic E-state index is 12.5. The number of thioether (sulfide) groups is 1. The molecule has 0 aliphatic heterocycles. The van der Waals surface area contributed by atoms with Gasteiger partial charge in [0.2, 0.25) is 11.1 Å². The first kappa shape index (κ1) is 19.6. The molecule has 0 spiro atoms. The second-order valence-electron chi connectivity index (χ2n) is 6.25. The highest BCUT2D eigenvalue weighted by atomic mass is 35.5. The molecular formula is C19H22ClN5OS. The van der Waals surface area contributed by atoms with E-state index >= 15 is 0 Å². The minimum absolute atomic E-state index is 0.106. The largest absolute Gasteiger partial charge is 0.325 e. The molecule has 2 aromatic heterocycles. The van der Waals surface area contributed by atoms with Crippen molar-refractivity contribution in [1.29, 1.82) is 0 Å². The maximum atomic E-state index is 12.5. The zero-order valence-corrected chi connectivity index (χ0v) is 17.4. The molecule has 3 rings (SSSR count). The molecule has 0 unspecified atom stereocenters. The van der Waals surface area contributed by atoms with E-state index in [4.69, 9.17) is 11.6 Å². The lowest BCUT2D eigenvalue weighted by Crippen LogP contribution is -2.17. The van der Waals surface area contributed by atoms with Crippen LogP contribution in [0.1, 0.15) is 36.2 Å². The Labute approximate surface area is 167 Å². The Balaban J connectivity index is 1.73. The van der Waals surface area contributed by atoms with Gasteiger partial charge in [0.25, 0.3) is 5.78 Å². The predicted molar refractivity (Wildman–Crippen MR) is 110 cm³/mol. The van der Waals surface area contributed by atoms with Crippen LogP contribution >= 0.6 is 23.4 Å². The number of halogens is 1. The van der Waals surface area contributed by atoms with E-state index < -0.39 is 0 Å². The van der Waals surface area contributed by atoms with E-state index in [0.29, 0.717) is 16.0 Å². The van der Waals surface area contributed by atoms with Crippen LogP contribution in [0.2, 0.25) is 5.02 Å². The molecular weight excluding hydrogens is 382 g/mol. The first-order valence-corrected chi connectivity index (χ1v) is 10.2. The number of aromatic nitrogens is 4. The number of fused-ring (bicyclic) bond motifs is 1. The highest BCUT2D eigenvalue weighted by Gasteiger charge is 2.15. The zero-order valence-electron chi connectivity index (χ0n) is 15.8. The molecule has 8 heteroatoms. The predicted octanol–water partition coefficient (Wildman–Crippen LogP) is 4.25. The van der Waals surface area contributed by atoms with Crippen LogP contribution < -0.4 is 5.32 Å². The Hall–Kier alpha value is -2.12. The molecule has 0 saturated carbocycles. The van der Waals surface area contributed by atoms with Gasteiger partial charge in [-0.2, -0.15) is 4.98 Å².